The summed E-state index contributed by atoms with van der Waals surface area (Å²) in [7, 11) is 0. The molecule has 2 heterocycles. The van der Waals surface area contributed by atoms with Crippen molar-refractivity contribution in [3.63, 3.8) is 0 Å². The Balaban J connectivity index is 1.78. The third-order valence-corrected chi connectivity index (χ3v) is 4.42. The molecular formula is C13H9Br2N3S. The fourth-order valence-corrected chi connectivity index (χ4v) is 3.29. The summed E-state index contributed by atoms with van der Waals surface area (Å²) in [6.07, 6.45) is 1.76. The number of H-pyrrole nitrogens is 1. The van der Waals surface area contributed by atoms with E-state index < -0.39 is 0 Å². The van der Waals surface area contributed by atoms with Gasteiger partial charge in [-0.25, -0.2) is 9.97 Å². The Hall–Kier alpha value is -0.850. The number of imidazole rings is 1. The van der Waals surface area contributed by atoms with Gasteiger partial charge in [-0.15, -0.1) is 0 Å². The second-order valence-corrected chi connectivity index (χ2v) is 6.78. The van der Waals surface area contributed by atoms with Gasteiger partial charge in [0, 0.05) is 20.9 Å². The lowest BCUT2D eigenvalue weighted by molar-refractivity contribution is 1.07. The van der Waals surface area contributed by atoms with Gasteiger partial charge < -0.3 is 4.98 Å². The average molecular weight is 399 g/mol. The maximum Gasteiger partial charge on any atom is 0.178 e. The normalized spacial score (nSPS) is 11.1. The molecule has 2 aromatic heterocycles. The monoisotopic (exact) mass is 397 g/mol. The number of pyridine rings is 1. The van der Waals surface area contributed by atoms with Crippen LogP contribution in [0.1, 0.15) is 5.56 Å². The molecule has 0 spiro atoms. The van der Waals surface area contributed by atoms with E-state index in [1.807, 2.05) is 18.2 Å². The summed E-state index contributed by atoms with van der Waals surface area (Å²) in [4.78, 5) is 12.0. The summed E-state index contributed by atoms with van der Waals surface area (Å²) in [5.41, 5.74) is 2.96. The highest BCUT2D eigenvalue weighted by molar-refractivity contribution is 9.10. The molecule has 0 bridgehead atoms. The van der Waals surface area contributed by atoms with Crippen LogP contribution in [0.25, 0.3) is 11.2 Å². The second kappa shape index (κ2) is 5.64. The van der Waals surface area contributed by atoms with Crippen molar-refractivity contribution in [2.45, 2.75) is 10.9 Å². The zero-order valence-corrected chi connectivity index (χ0v) is 13.7. The average Bonchev–Trinajstić information content (AvgIpc) is 2.78. The Labute approximate surface area is 131 Å². The van der Waals surface area contributed by atoms with E-state index in [0.29, 0.717) is 0 Å². The van der Waals surface area contributed by atoms with Gasteiger partial charge in [-0.3, -0.25) is 0 Å². The molecule has 0 fully saturated rings. The molecule has 6 heteroatoms. The Morgan fingerprint density at radius 2 is 2.05 bits per heavy atom. The van der Waals surface area contributed by atoms with Gasteiger partial charge in [-0.05, 0) is 39.7 Å². The predicted octanol–water partition coefficient (Wildman–Crippen LogP) is 4.78. The minimum atomic E-state index is 0.750. The van der Waals surface area contributed by atoms with Crippen molar-refractivity contribution in [2.75, 3.05) is 0 Å². The third kappa shape index (κ3) is 3.19. The molecule has 19 heavy (non-hydrogen) atoms. The van der Waals surface area contributed by atoms with E-state index in [0.717, 1.165) is 31.0 Å². The van der Waals surface area contributed by atoms with Crippen LogP contribution < -0.4 is 0 Å². The number of thioether (sulfide) groups is 1. The first-order valence-corrected chi connectivity index (χ1v) is 8.16. The number of nitrogens with zero attached hydrogens (tertiary/aromatic N) is 2. The van der Waals surface area contributed by atoms with Gasteiger partial charge >= 0.3 is 0 Å². The lowest BCUT2D eigenvalue weighted by Crippen LogP contribution is -1.81. The van der Waals surface area contributed by atoms with E-state index in [2.05, 4.69) is 58.9 Å². The van der Waals surface area contributed by atoms with E-state index in [9.17, 15) is 0 Å². The number of rotatable bonds is 3. The number of benzene rings is 1. The van der Waals surface area contributed by atoms with E-state index in [-0.39, 0.29) is 0 Å². The maximum absolute atomic E-state index is 4.46. The summed E-state index contributed by atoms with van der Waals surface area (Å²) in [5.74, 6) is 0.875. The summed E-state index contributed by atoms with van der Waals surface area (Å²) < 4.78 is 2.05. The molecule has 0 atom stereocenters. The van der Waals surface area contributed by atoms with E-state index in [1.165, 1.54) is 5.56 Å². The van der Waals surface area contributed by atoms with Crippen molar-refractivity contribution in [2.24, 2.45) is 0 Å². The fourth-order valence-electron chi connectivity index (χ4n) is 1.70. The molecule has 0 aliphatic carbocycles. The van der Waals surface area contributed by atoms with E-state index in [1.54, 1.807) is 18.0 Å². The highest BCUT2D eigenvalue weighted by atomic mass is 79.9. The van der Waals surface area contributed by atoms with Crippen molar-refractivity contribution >= 4 is 54.8 Å². The van der Waals surface area contributed by atoms with Gasteiger partial charge in [0.15, 0.2) is 10.8 Å². The van der Waals surface area contributed by atoms with Crippen LogP contribution in [0.3, 0.4) is 0 Å². The second-order valence-electron chi connectivity index (χ2n) is 3.99. The highest BCUT2D eigenvalue weighted by Gasteiger charge is 2.05. The smallest absolute Gasteiger partial charge is 0.178 e. The molecule has 0 saturated carbocycles. The molecule has 3 nitrogen and oxygen atoms in total. The molecule has 3 rings (SSSR count). The standard InChI is InChI=1S/C13H9Br2N3S/c14-9-3-1-2-8(4-9)7-19-13-17-11-5-10(15)6-16-12(11)18-13/h1-6H,7H2,(H,16,17,18). The van der Waals surface area contributed by atoms with Gasteiger partial charge in [0.1, 0.15) is 0 Å². The first-order chi connectivity index (χ1) is 9.20. The number of aromatic nitrogens is 3. The van der Waals surface area contributed by atoms with E-state index in [4.69, 9.17) is 0 Å². The number of nitrogens with one attached hydrogen (secondary N) is 1. The summed E-state index contributed by atoms with van der Waals surface area (Å²) in [5, 5.41) is 0.889. The number of fused-ring (bicyclic) bond motifs is 1. The zero-order chi connectivity index (χ0) is 13.2. The van der Waals surface area contributed by atoms with Crippen molar-refractivity contribution < 1.29 is 0 Å². The minimum Gasteiger partial charge on any atom is -0.331 e. The number of halogens is 2. The van der Waals surface area contributed by atoms with Crippen LogP contribution in [0.4, 0.5) is 0 Å². The first kappa shape index (κ1) is 13.1. The maximum atomic E-state index is 4.46. The molecule has 0 aliphatic rings. The molecular weight excluding hydrogens is 390 g/mol. The highest BCUT2D eigenvalue weighted by Crippen LogP contribution is 2.24. The van der Waals surface area contributed by atoms with Gasteiger partial charge in [0.05, 0.1) is 5.52 Å². The van der Waals surface area contributed by atoms with Crippen LogP contribution in [0.5, 0.6) is 0 Å². The van der Waals surface area contributed by atoms with Crippen LogP contribution >= 0.6 is 43.6 Å². The summed E-state index contributed by atoms with van der Waals surface area (Å²) >= 11 is 8.55. The van der Waals surface area contributed by atoms with Crippen LogP contribution in [0.2, 0.25) is 0 Å². The molecule has 1 aromatic carbocycles. The first-order valence-electron chi connectivity index (χ1n) is 5.59. The number of hydrogen-bond acceptors (Lipinski definition) is 3. The van der Waals surface area contributed by atoms with Gasteiger partial charge in [-0.1, -0.05) is 39.8 Å². The summed E-state index contributed by atoms with van der Waals surface area (Å²) in [6.45, 7) is 0. The van der Waals surface area contributed by atoms with Gasteiger partial charge in [-0.2, -0.15) is 0 Å². The van der Waals surface area contributed by atoms with Crippen molar-refractivity contribution in [3.05, 3.63) is 51.0 Å². The lowest BCUT2D eigenvalue weighted by atomic mass is 10.2. The van der Waals surface area contributed by atoms with Crippen molar-refractivity contribution in [1.82, 2.24) is 15.0 Å². The van der Waals surface area contributed by atoms with E-state index >= 15 is 0 Å². The molecule has 0 radical (unpaired) electrons. The molecule has 0 aliphatic heterocycles. The number of hydrogen-bond donors (Lipinski definition) is 1. The van der Waals surface area contributed by atoms with Crippen molar-refractivity contribution in [1.29, 1.82) is 0 Å². The molecule has 3 aromatic rings. The van der Waals surface area contributed by atoms with Gasteiger partial charge in [0.25, 0.3) is 0 Å². The molecule has 0 unspecified atom stereocenters. The largest absolute Gasteiger partial charge is 0.331 e. The zero-order valence-electron chi connectivity index (χ0n) is 9.73. The Kier molecular flexibility index (Phi) is 3.91. The van der Waals surface area contributed by atoms with Crippen LogP contribution in [-0.2, 0) is 5.75 Å². The van der Waals surface area contributed by atoms with Gasteiger partial charge in [0.2, 0.25) is 0 Å². The molecule has 96 valence electrons. The van der Waals surface area contributed by atoms with Crippen LogP contribution in [0.15, 0.2) is 50.6 Å². The minimum absolute atomic E-state index is 0.750. The predicted molar refractivity (Wildman–Crippen MR) is 85.3 cm³/mol. The molecule has 0 saturated heterocycles. The van der Waals surface area contributed by atoms with Crippen LogP contribution in [0, 0.1) is 0 Å². The fraction of sp³-hybridized carbons (Fsp3) is 0.0769. The summed E-state index contributed by atoms with van der Waals surface area (Å²) in [6, 6.07) is 10.3. The Morgan fingerprint density at radius 3 is 2.89 bits per heavy atom. The third-order valence-electron chi connectivity index (χ3n) is 2.55. The SMILES string of the molecule is Brc1cccc(CSc2nc3ncc(Br)cc3[nH]2)c1. The number of aromatic amines is 1. The lowest BCUT2D eigenvalue weighted by Gasteiger charge is -1.99. The molecule has 0 amide bonds. The quantitative estimate of drug-likeness (QED) is 0.645. The topological polar surface area (TPSA) is 41.6 Å². The van der Waals surface area contributed by atoms with Crippen molar-refractivity contribution in [3.8, 4) is 0 Å². The molecule has 1 N–H and O–H groups in total. The Morgan fingerprint density at radius 1 is 1.16 bits per heavy atom. The Bertz CT molecular complexity index is 727. The van der Waals surface area contributed by atoms with Crippen LogP contribution in [-0.4, -0.2) is 15.0 Å².